The molecule has 1 N–H and O–H groups in total. The van der Waals surface area contributed by atoms with Crippen molar-refractivity contribution in [3.63, 3.8) is 0 Å². The highest BCUT2D eigenvalue weighted by molar-refractivity contribution is 5.43. The lowest BCUT2D eigenvalue weighted by molar-refractivity contribution is 0.0622. The van der Waals surface area contributed by atoms with Crippen LogP contribution in [-0.4, -0.2) is 24.2 Å². The highest BCUT2D eigenvalue weighted by Crippen LogP contribution is 2.21. The second kappa shape index (κ2) is 5.65. The Morgan fingerprint density at radius 3 is 3.00 bits per heavy atom. The maximum atomic E-state index is 8.82. The van der Waals surface area contributed by atoms with E-state index < -0.39 is 0 Å². The molecule has 4 nitrogen and oxygen atoms in total. The molecular formula is C13H17N3O. The van der Waals surface area contributed by atoms with Gasteiger partial charge in [0.15, 0.2) is 0 Å². The van der Waals surface area contributed by atoms with E-state index in [0.29, 0.717) is 17.5 Å². The van der Waals surface area contributed by atoms with Crippen LogP contribution in [0.5, 0.6) is 0 Å². The van der Waals surface area contributed by atoms with Crippen LogP contribution < -0.4 is 5.32 Å². The zero-order valence-corrected chi connectivity index (χ0v) is 10.0. The van der Waals surface area contributed by atoms with E-state index in [2.05, 4.69) is 23.3 Å². The SMILES string of the molecule is CC(Nc1cc(C#N)ccn1)C1CCOCC1. The van der Waals surface area contributed by atoms with Crippen molar-refractivity contribution in [2.75, 3.05) is 18.5 Å². The van der Waals surface area contributed by atoms with Crippen molar-refractivity contribution in [3.05, 3.63) is 23.9 Å². The molecule has 1 aliphatic heterocycles. The second-order valence-electron chi connectivity index (χ2n) is 4.42. The van der Waals surface area contributed by atoms with Gasteiger partial charge in [0.2, 0.25) is 0 Å². The number of rotatable bonds is 3. The molecule has 0 aliphatic carbocycles. The summed E-state index contributed by atoms with van der Waals surface area (Å²) in [7, 11) is 0. The van der Waals surface area contributed by atoms with E-state index in [1.165, 1.54) is 0 Å². The van der Waals surface area contributed by atoms with E-state index in [9.17, 15) is 0 Å². The molecule has 1 unspecified atom stereocenters. The predicted molar refractivity (Wildman–Crippen MR) is 65.6 cm³/mol. The standard InChI is InChI=1S/C13H17N3O/c1-10(12-3-6-17-7-4-12)16-13-8-11(9-14)2-5-15-13/h2,5,8,10,12H,3-4,6-7H2,1H3,(H,15,16). The van der Waals surface area contributed by atoms with Crippen LogP contribution in [0.1, 0.15) is 25.3 Å². The summed E-state index contributed by atoms with van der Waals surface area (Å²) in [6, 6.07) is 5.98. The highest BCUT2D eigenvalue weighted by Gasteiger charge is 2.20. The minimum absolute atomic E-state index is 0.361. The summed E-state index contributed by atoms with van der Waals surface area (Å²) in [6.07, 6.45) is 3.84. The van der Waals surface area contributed by atoms with Crippen LogP contribution in [0, 0.1) is 17.2 Å². The number of nitrogens with one attached hydrogen (secondary N) is 1. The Hall–Kier alpha value is -1.60. The van der Waals surface area contributed by atoms with E-state index >= 15 is 0 Å². The minimum atomic E-state index is 0.361. The Bertz CT molecular complexity index is 407. The molecule has 1 aromatic rings. The van der Waals surface area contributed by atoms with Crippen molar-refractivity contribution >= 4 is 5.82 Å². The van der Waals surface area contributed by atoms with Gasteiger partial charge in [-0.2, -0.15) is 5.26 Å². The number of nitriles is 1. The molecule has 2 rings (SSSR count). The van der Waals surface area contributed by atoms with Gasteiger partial charge >= 0.3 is 0 Å². The summed E-state index contributed by atoms with van der Waals surface area (Å²) >= 11 is 0. The van der Waals surface area contributed by atoms with Crippen LogP contribution in [0.25, 0.3) is 0 Å². The summed E-state index contributed by atoms with van der Waals surface area (Å²) in [4.78, 5) is 4.23. The fourth-order valence-electron chi connectivity index (χ4n) is 2.15. The van der Waals surface area contributed by atoms with Gasteiger partial charge < -0.3 is 10.1 Å². The number of pyridine rings is 1. The number of nitrogens with zero attached hydrogens (tertiary/aromatic N) is 2. The molecule has 1 atom stereocenters. The van der Waals surface area contributed by atoms with Crippen molar-refractivity contribution < 1.29 is 4.74 Å². The topological polar surface area (TPSA) is 57.9 Å². The van der Waals surface area contributed by atoms with E-state index in [1.54, 1.807) is 18.3 Å². The van der Waals surface area contributed by atoms with Gasteiger partial charge in [0.05, 0.1) is 11.6 Å². The predicted octanol–water partition coefficient (Wildman–Crippen LogP) is 2.18. The molecule has 2 heterocycles. The number of ether oxygens (including phenoxy) is 1. The lowest BCUT2D eigenvalue weighted by atomic mass is 9.93. The molecule has 0 spiro atoms. The fourth-order valence-corrected chi connectivity index (χ4v) is 2.15. The summed E-state index contributed by atoms with van der Waals surface area (Å²) in [6.45, 7) is 3.86. The average molecular weight is 231 g/mol. The summed E-state index contributed by atoms with van der Waals surface area (Å²) in [5.74, 6) is 1.40. The van der Waals surface area contributed by atoms with E-state index in [0.717, 1.165) is 31.9 Å². The first kappa shape index (κ1) is 11.9. The summed E-state index contributed by atoms with van der Waals surface area (Å²) in [5, 5.41) is 12.2. The van der Waals surface area contributed by atoms with Gasteiger partial charge in [-0.3, -0.25) is 0 Å². The Balaban J connectivity index is 1.97. The third-order valence-electron chi connectivity index (χ3n) is 3.24. The molecule has 4 heteroatoms. The molecular weight excluding hydrogens is 214 g/mol. The average Bonchev–Trinajstić information content (AvgIpc) is 2.40. The van der Waals surface area contributed by atoms with Crippen LogP contribution in [0.4, 0.5) is 5.82 Å². The fraction of sp³-hybridized carbons (Fsp3) is 0.538. The van der Waals surface area contributed by atoms with E-state index in [-0.39, 0.29) is 0 Å². The van der Waals surface area contributed by atoms with Crippen LogP contribution in [0.15, 0.2) is 18.3 Å². The van der Waals surface area contributed by atoms with Crippen LogP contribution >= 0.6 is 0 Å². The van der Waals surface area contributed by atoms with Crippen molar-refractivity contribution in [1.29, 1.82) is 5.26 Å². The Kier molecular flexibility index (Phi) is 3.94. The lowest BCUT2D eigenvalue weighted by Crippen LogP contribution is -2.31. The maximum absolute atomic E-state index is 8.82. The highest BCUT2D eigenvalue weighted by atomic mass is 16.5. The molecule has 17 heavy (non-hydrogen) atoms. The molecule has 1 aliphatic rings. The lowest BCUT2D eigenvalue weighted by Gasteiger charge is -2.28. The Morgan fingerprint density at radius 2 is 2.29 bits per heavy atom. The molecule has 90 valence electrons. The smallest absolute Gasteiger partial charge is 0.127 e. The minimum Gasteiger partial charge on any atom is -0.381 e. The van der Waals surface area contributed by atoms with Crippen molar-refractivity contribution in [3.8, 4) is 6.07 Å². The molecule has 1 aromatic heterocycles. The van der Waals surface area contributed by atoms with Crippen LogP contribution in [0.3, 0.4) is 0 Å². The summed E-state index contributed by atoms with van der Waals surface area (Å²) < 4.78 is 5.35. The van der Waals surface area contributed by atoms with Gasteiger partial charge in [-0.25, -0.2) is 4.98 Å². The number of aromatic nitrogens is 1. The van der Waals surface area contributed by atoms with Crippen molar-refractivity contribution in [2.24, 2.45) is 5.92 Å². The van der Waals surface area contributed by atoms with E-state index in [1.807, 2.05) is 0 Å². The molecule has 0 radical (unpaired) electrons. The number of anilines is 1. The first-order chi connectivity index (χ1) is 8.29. The van der Waals surface area contributed by atoms with Crippen molar-refractivity contribution in [2.45, 2.75) is 25.8 Å². The first-order valence-corrected chi connectivity index (χ1v) is 6.00. The zero-order chi connectivity index (χ0) is 12.1. The zero-order valence-electron chi connectivity index (χ0n) is 10.0. The molecule has 1 saturated heterocycles. The Morgan fingerprint density at radius 1 is 1.53 bits per heavy atom. The Labute approximate surface area is 102 Å². The maximum Gasteiger partial charge on any atom is 0.127 e. The van der Waals surface area contributed by atoms with Gasteiger partial charge in [0.25, 0.3) is 0 Å². The number of hydrogen-bond acceptors (Lipinski definition) is 4. The molecule has 0 saturated carbocycles. The molecule has 0 bridgehead atoms. The first-order valence-electron chi connectivity index (χ1n) is 6.00. The second-order valence-corrected chi connectivity index (χ2v) is 4.42. The van der Waals surface area contributed by atoms with Gasteiger partial charge in [-0.05, 0) is 37.8 Å². The van der Waals surface area contributed by atoms with Crippen LogP contribution in [-0.2, 0) is 4.74 Å². The van der Waals surface area contributed by atoms with Gasteiger partial charge in [0.1, 0.15) is 5.82 Å². The quantitative estimate of drug-likeness (QED) is 0.866. The normalized spacial score (nSPS) is 18.4. The third-order valence-corrected chi connectivity index (χ3v) is 3.24. The largest absolute Gasteiger partial charge is 0.381 e. The van der Waals surface area contributed by atoms with Crippen molar-refractivity contribution in [1.82, 2.24) is 4.98 Å². The molecule has 1 fully saturated rings. The molecule has 0 amide bonds. The van der Waals surface area contributed by atoms with Gasteiger partial charge in [0, 0.05) is 25.5 Å². The van der Waals surface area contributed by atoms with Gasteiger partial charge in [-0.15, -0.1) is 0 Å². The van der Waals surface area contributed by atoms with Crippen LogP contribution in [0.2, 0.25) is 0 Å². The molecule has 0 aromatic carbocycles. The van der Waals surface area contributed by atoms with Gasteiger partial charge in [-0.1, -0.05) is 0 Å². The third kappa shape index (κ3) is 3.18. The van der Waals surface area contributed by atoms with E-state index in [4.69, 9.17) is 10.00 Å². The summed E-state index contributed by atoms with van der Waals surface area (Å²) in [5.41, 5.74) is 0.640. The number of hydrogen-bond donors (Lipinski definition) is 1. The monoisotopic (exact) mass is 231 g/mol.